The van der Waals surface area contributed by atoms with E-state index < -0.39 is 10.2 Å². The first-order valence-corrected chi connectivity index (χ1v) is 10.7. The van der Waals surface area contributed by atoms with Crippen molar-refractivity contribution in [1.82, 2.24) is 4.31 Å². The van der Waals surface area contributed by atoms with E-state index in [0.717, 1.165) is 33.1 Å². The first-order chi connectivity index (χ1) is 13.1. The van der Waals surface area contributed by atoms with Gasteiger partial charge in [-0.2, -0.15) is 12.7 Å². The molecule has 0 aromatic heterocycles. The standard InChI is InChI=1S/C21H27N3O3S/c1-15-10-11-16(2)20(12-15)23(28(26,27)22(4)5)14-21(25)24-17(3)13-18-8-6-7-9-19(18)24/h6-12,17H,13-14H2,1-5H3. The van der Waals surface area contributed by atoms with Gasteiger partial charge < -0.3 is 4.90 Å². The van der Waals surface area contributed by atoms with Crippen molar-refractivity contribution in [3.8, 4) is 0 Å². The van der Waals surface area contributed by atoms with E-state index in [1.54, 1.807) is 4.90 Å². The van der Waals surface area contributed by atoms with Gasteiger partial charge in [0.25, 0.3) is 0 Å². The van der Waals surface area contributed by atoms with Gasteiger partial charge in [0.1, 0.15) is 6.54 Å². The molecule has 0 saturated carbocycles. The number of amides is 1. The van der Waals surface area contributed by atoms with Gasteiger partial charge in [0.05, 0.1) is 5.69 Å². The Kier molecular flexibility index (Phi) is 5.50. The number of rotatable bonds is 5. The molecule has 28 heavy (non-hydrogen) atoms. The van der Waals surface area contributed by atoms with Crippen LogP contribution in [0.1, 0.15) is 23.6 Å². The number of fused-ring (bicyclic) bond motifs is 1. The first kappa shape index (κ1) is 20.4. The van der Waals surface area contributed by atoms with Crippen LogP contribution in [0.3, 0.4) is 0 Å². The Balaban J connectivity index is 2.01. The van der Waals surface area contributed by atoms with Crippen LogP contribution in [0.4, 0.5) is 11.4 Å². The van der Waals surface area contributed by atoms with Gasteiger partial charge >= 0.3 is 10.2 Å². The minimum Gasteiger partial charge on any atom is -0.307 e. The average Bonchev–Trinajstić information content (AvgIpc) is 2.97. The molecule has 6 nitrogen and oxygen atoms in total. The number of carbonyl (C=O) groups excluding carboxylic acids is 1. The van der Waals surface area contributed by atoms with Crippen molar-refractivity contribution < 1.29 is 13.2 Å². The molecule has 150 valence electrons. The third-order valence-electron chi connectivity index (χ3n) is 5.13. The number of hydrogen-bond donors (Lipinski definition) is 0. The molecule has 1 aliphatic rings. The van der Waals surface area contributed by atoms with Crippen LogP contribution in [0.5, 0.6) is 0 Å². The second kappa shape index (κ2) is 7.56. The van der Waals surface area contributed by atoms with Gasteiger partial charge in [0.2, 0.25) is 5.91 Å². The van der Waals surface area contributed by atoms with Crippen molar-refractivity contribution in [3.05, 3.63) is 59.2 Å². The fourth-order valence-corrected chi connectivity index (χ4v) is 4.73. The highest BCUT2D eigenvalue weighted by atomic mass is 32.2. The molecule has 1 aliphatic heterocycles. The molecular formula is C21H27N3O3S. The highest BCUT2D eigenvalue weighted by Gasteiger charge is 2.35. The lowest BCUT2D eigenvalue weighted by Crippen LogP contribution is -2.48. The molecule has 0 aliphatic carbocycles. The Morgan fingerprint density at radius 2 is 1.82 bits per heavy atom. The summed E-state index contributed by atoms with van der Waals surface area (Å²) in [5.74, 6) is -0.233. The molecule has 0 bridgehead atoms. The molecule has 0 saturated heterocycles. The van der Waals surface area contributed by atoms with Gasteiger partial charge in [-0.1, -0.05) is 30.3 Å². The molecule has 1 amide bonds. The van der Waals surface area contributed by atoms with Crippen LogP contribution in [-0.2, 0) is 21.4 Å². The topological polar surface area (TPSA) is 60.9 Å². The van der Waals surface area contributed by atoms with E-state index in [1.807, 2.05) is 63.2 Å². The van der Waals surface area contributed by atoms with Crippen molar-refractivity contribution in [2.75, 3.05) is 29.8 Å². The smallest absolute Gasteiger partial charge is 0.304 e. The number of nitrogens with zero attached hydrogens (tertiary/aromatic N) is 3. The van der Waals surface area contributed by atoms with E-state index >= 15 is 0 Å². The van der Waals surface area contributed by atoms with Crippen molar-refractivity contribution in [1.29, 1.82) is 0 Å². The monoisotopic (exact) mass is 401 g/mol. The number of benzene rings is 2. The maximum atomic E-state index is 13.3. The number of carbonyl (C=O) groups is 1. The quantitative estimate of drug-likeness (QED) is 0.774. The second-order valence-electron chi connectivity index (χ2n) is 7.53. The molecule has 2 aromatic carbocycles. The highest BCUT2D eigenvalue weighted by molar-refractivity contribution is 7.90. The fraction of sp³-hybridized carbons (Fsp3) is 0.381. The van der Waals surface area contributed by atoms with Crippen LogP contribution in [0.15, 0.2) is 42.5 Å². The minimum absolute atomic E-state index is 0.00702. The largest absolute Gasteiger partial charge is 0.307 e. The lowest BCUT2D eigenvalue weighted by molar-refractivity contribution is -0.117. The summed E-state index contributed by atoms with van der Waals surface area (Å²) in [6, 6.07) is 13.4. The summed E-state index contributed by atoms with van der Waals surface area (Å²) in [4.78, 5) is 15.0. The maximum Gasteiger partial charge on any atom is 0.304 e. The van der Waals surface area contributed by atoms with Gasteiger partial charge in [-0.15, -0.1) is 0 Å². The van der Waals surface area contributed by atoms with Crippen LogP contribution in [-0.4, -0.2) is 45.3 Å². The normalized spacial score (nSPS) is 16.4. The van der Waals surface area contributed by atoms with Gasteiger partial charge in [-0.25, -0.2) is 4.31 Å². The molecule has 1 atom stereocenters. The van der Waals surface area contributed by atoms with E-state index in [1.165, 1.54) is 18.4 Å². The van der Waals surface area contributed by atoms with Crippen LogP contribution >= 0.6 is 0 Å². The van der Waals surface area contributed by atoms with Crippen molar-refractivity contribution in [3.63, 3.8) is 0 Å². The molecule has 3 rings (SSSR count). The Morgan fingerprint density at radius 1 is 1.14 bits per heavy atom. The third-order valence-corrected chi connectivity index (χ3v) is 6.93. The SMILES string of the molecule is Cc1ccc(C)c(N(CC(=O)N2c3ccccc3CC2C)S(=O)(=O)N(C)C)c1. The summed E-state index contributed by atoms with van der Waals surface area (Å²) in [5.41, 5.74) is 4.24. The summed E-state index contributed by atoms with van der Waals surface area (Å²) in [7, 11) is -0.876. The zero-order chi connectivity index (χ0) is 20.6. The minimum atomic E-state index is -3.83. The average molecular weight is 402 g/mol. The van der Waals surface area contributed by atoms with Crippen LogP contribution < -0.4 is 9.21 Å². The number of para-hydroxylation sites is 1. The van der Waals surface area contributed by atoms with Crippen LogP contribution in [0, 0.1) is 13.8 Å². The zero-order valence-corrected chi connectivity index (χ0v) is 17.8. The molecule has 1 heterocycles. The van der Waals surface area contributed by atoms with Gasteiger partial charge in [0.15, 0.2) is 0 Å². The van der Waals surface area contributed by atoms with E-state index in [0.29, 0.717) is 5.69 Å². The molecular weight excluding hydrogens is 374 g/mol. The molecule has 0 spiro atoms. The maximum absolute atomic E-state index is 13.3. The highest BCUT2D eigenvalue weighted by Crippen LogP contribution is 2.33. The Morgan fingerprint density at radius 3 is 2.50 bits per heavy atom. The predicted molar refractivity (Wildman–Crippen MR) is 113 cm³/mol. The third kappa shape index (κ3) is 3.64. The molecule has 1 unspecified atom stereocenters. The van der Waals surface area contributed by atoms with E-state index in [4.69, 9.17) is 0 Å². The van der Waals surface area contributed by atoms with E-state index in [-0.39, 0.29) is 18.5 Å². The van der Waals surface area contributed by atoms with Crippen molar-refractivity contribution in [2.45, 2.75) is 33.2 Å². The Bertz CT molecular complexity index is 1000. The predicted octanol–water partition coefficient (Wildman–Crippen LogP) is 2.89. The molecule has 0 N–H and O–H groups in total. The Labute approximate surface area is 167 Å². The molecule has 0 fully saturated rings. The summed E-state index contributed by atoms with van der Waals surface area (Å²) in [6.45, 7) is 5.50. The van der Waals surface area contributed by atoms with E-state index in [2.05, 4.69) is 0 Å². The number of hydrogen-bond acceptors (Lipinski definition) is 3. The summed E-state index contributed by atoms with van der Waals surface area (Å²) < 4.78 is 28.5. The number of anilines is 2. The van der Waals surface area contributed by atoms with Crippen molar-refractivity contribution in [2.24, 2.45) is 0 Å². The van der Waals surface area contributed by atoms with E-state index in [9.17, 15) is 13.2 Å². The fourth-order valence-electron chi connectivity index (χ4n) is 3.62. The van der Waals surface area contributed by atoms with Gasteiger partial charge in [-0.05, 0) is 56.0 Å². The van der Waals surface area contributed by atoms with Gasteiger partial charge in [0, 0.05) is 25.8 Å². The lowest BCUT2D eigenvalue weighted by Gasteiger charge is -2.31. The Hall–Kier alpha value is -2.38. The summed E-state index contributed by atoms with van der Waals surface area (Å²) in [5, 5.41) is 0. The summed E-state index contributed by atoms with van der Waals surface area (Å²) >= 11 is 0. The first-order valence-electron chi connectivity index (χ1n) is 9.30. The summed E-state index contributed by atoms with van der Waals surface area (Å²) in [6.07, 6.45) is 0.770. The van der Waals surface area contributed by atoms with Crippen LogP contribution in [0.2, 0.25) is 0 Å². The lowest BCUT2D eigenvalue weighted by atomic mass is 10.1. The second-order valence-corrected chi connectivity index (χ2v) is 9.60. The van der Waals surface area contributed by atoms with Crippen LogP contribution in [0.25, 0.3) is 0 Å². The molecule has 7 heteroatoms. The van der Waals surface area contributed by atoms with Gasteiger partial charge in [-0.3, -0.25) is 4.79 Å². The molecule has 0 radical (unpaired) electrons. The van der Waals surface area contributed by atoms with Crippen molar-refractivity contribution >= 4 is 27.5 Å². The molecule has 2 aromatic rings. The number of aryl methyl sites for hydroxylation is 2. The zero-order valence-electron chi connectivity index (χ0n) is 17.0.